The van der Waals surface area contributed by atoms with Crippen LogP contribution in [0.4, 0.5) is 26.3 Å². The van der Waals surface area contributed by atoms with Crippen molar-refractivity contribution in [2.24, 2.45) is 0 Å². The third-order valence-corrected chi connectivity index (χ3v) is 6.50. The van der Waals surface area contributed by atoms with E-state index in [2.05, 4.69) is 4.72 Å². The van der Waals surface area contributed by atoms with Crippen molar-refractivity contribution in [3.63, 3.8) is 0 Å². The molecule has 194 valence electrons. The van der Waals surface area contributed by atoms with Gasteiger partial charge in [-0.25, -0.2) is 13.1 Å². The van der Waals surface area contributed by atoms with E-state index < -0.39 is 39.5 Å². The lowest BCUT2D eigenvalue weighted by atomic mass is 10.0. The molecule has 0 radical (unpaired) electrons. The monoisotopic (exact) mass is 532 g/mol. The number of nitrogens with zero attached hydrogens (tertiary/aromatic N) is 1. The van der Waals surface area contributed by atoms with Gasteiger partial charge in [0, 0.05) is 6.54 Å². The van der Waals surface area contributed by atoms with Crippen molar-refractivity contribution in [1.29, 1.82) is 0 Å². The maximum atomic E-state index is 13.2. The lowest BCUT2D eigenvalue weighted by molar-refractivity contribution is -0.138. The SMILES string of the molecule is CN(C)CC(NS(=O)(=O)c1ccc(Oc2ccc(C(F)(F)F)cc2)cc1)c1cccc(C(F)(F)F)c1. The van der Waals surface area contributed by atoms with Gasteiger partial charge >= 0.3 is 12.4 Å². The molecule has 0 spiro atoms. The Hall–Kier alpha value is -3.09. The molecule has 0 bridgehead atoms. The number of hydrogen-bond acceptors (Lipinski definition) is 4. The number of nitrogens with one attached hydrogen (secondary N) is 1. The van der Waals surface area contributed by atoms with E-state index in [1.807, 2.05) is 0 Å². The van der Waals surface area contributed by atoms with Crippen molar-refractivity contribution in [3.05, 3.63) is 89.5 Å². The first-order valence-corrected chi connectivity index (χ1v) is 11.9. The summed E-state index contributed by atoms with van der Waals surface area (Å²) in [6.07, 6.45) is -9.07. The second kappa shape index (κ2) is 10.5. The zero-order chi connectivity index (χ0) is 26.7. The Balaban J connectivity index is 1.79. The molecule has 3 aromatic carbocycles. The maximum absolute atomic E-state index is 13.2. The molecule has 0 amide bonds. The minimum atomic E-state index is -4.58. The summed E-state index contributed by atoms with van der Waals surface area (Å²) in [4.78, 5) is 1.46. The maximum Gasteiger partial charge on any atom is 0.416 e. The number of ether oxygens (including phenoxy) is 1. The average Bonchev–Trinajstić information content (AvgIpc) is 2.78. The van der Waals surface area contributed by atoms with Crippen molar-refractivity contribution >= 4 is 10.0 Å². The standard InChI is InChI=1S/C24H22F6N2O3S/c1-32(2)15-22(16-4-3-5-18(14-16)24(28,29)30)31-36(33,34)21-12-10-20(11-13-21)35-19-8-6-17(7-9-19)23(25,26)27/h3-14,22,31H,15H2,1-2H3. The highest BCUT2D eigenvalue weighted by atomic mass is 32.2. The highest BCUT2D eigenvalue weighted by Crippen LogP contribution is 2.33. The number of likely N-dealkylation sites (N-methyl/N-ethyl adjacent to an activating group) is 1. The van der Waals surface area contributed by atoms with Gasteiger partial charge in [-0.15, -0.1) is 0 Å². The molecule has 5 nitrogen and oxygen atoms in total. The minimum Gasteiger partial charge on any atom is -0.457 e. The van der Waals surface area contributed by atoms with Gasteiger partial charge in [-0.05, 0) is 80.3 Å². The van der Waals surface area contributed by atoms with Gasteiger partial charge in [-0.2, -0.15) is 26.3 Å². The highest BCUT2D eigenvalue weighted by molar-refractivity contribution is 7.89. The molecule has 1 N–H and O–H groups in total. The van der Waals surface area contributed by atoms with E-state index in [1.54, 1.807) is 19.0 Å². The fraction of sp³-hybridized carbons (Fsp3) is 0.250. The van der Waals surface area contributed by atoms with Gasteiger partial charge in [0.15, 0.2) is 0 Å². The smallest absolute Gasteiger partial charge is 0.416 e. The zero-order valence-corrected chi connectivity index (χ0v) is 19.9. The van der Waals surface area contributed by atoms with Gasteiger partial charge in [0.2, 0.25) is 10.0 Å². The summed E-state index contributed by atoms with van der Waals surface area (Å²) in [5, 5.41) is 0. The van der Waals surface area contributed by atoms with E-state index >= 15 is 0 Å². The van der Waals surface area contributed by atoms with Gasteiger partial charge in [-0.1, -0.05) is 12.1 Å². The second-order valence-electron chi connectivity index (χ2n) is 8.15. The Labute approximate surface area is 204 Å². The van der Waals surface area contributed by atoms with Gasteiger partial charge in [0.1, 0.15) is 11.5 Å². The van der Waals surface area contributed by atoms with E-state index in [0.29, 0.717) is 0 Å². The first-order valence-electron chi connectivity index (χ1n) is 10.4. The number of rotatable bonds is 8. The number of halogens is 6. The molecule has 1 unspecified atom stereocenters. The summed E-state index contributed by atoms with van der Waals surface area (Å²) in [6, 6.07) is 12.5. The van der Waals surface area contributed by atoms with Crippen LogP contribution in [0.25, 0.3) is 0 Å². The predicted octanol–water partition coefficient (Wildman–Crippen LogP) is 6.10. The normalized spacial score (nSPS) is 13.6. The molecule has 0 saturated carbocycles. The molecule has 0 aliphatic carbocycles. The Morgan fingerprint density at radius 3 is 1.83 bits per heavy atom. The molecule has 3 aromatic rings. The summed E-state index contributed by atoms with van der Waals surface area (Å²) < 4.78 is 111. The van der Waals surface area contributed by atoms with Gasteiger partial charge in [0.25, 0.3) is 0 Å². The Kier molecular flexibility index (Phi) is 8.01. The lowest BCUT2D eigenvalue weighted by Gasteiger charge is -2.23. The number of alkyl halides is 6. The van der Waals surface area contributed by atoms with E-state index in [9.17, 15) is 34.8 Å². The van der Waals surface area contributed by atoms with Crippen LogP contribution in [0.2, 0.25) is 0 Å². The molecule has 0 heterocycles. The quantitative estimate of drug-likeness (QED) is 0.357. The van der Waals surface area contributed by atoms with Crippen molar-refractivity contribution < 1.29 is 39.5 Å². The van der Waals surface area contributed by atoms with Gasteiger partial charge in [0.05, 0.1) is 22.1 Å². The van der Waals surface area contributed by atoms with Crippen molar-refractivity contribution in [3.8, 4) is 11.5 Å². The molecule has 12 heteroatoms. The summed E-state index contributed by atoms with van der Waals surface area (Å²) in [6.45, 7) is 0.0929. The fourth-order valence-corrected chi connectivity index (χ4v) is 4.51. The lowest BCUT2D eigenvalue weighted by Crippen LogP contribution is -2.35. The van der Waals surface area contributed by atoms with E-state index in [0.717, 1.165) is 36.4 Å². The zero-order valence-electron chi connectivity index (χ0n) is 19.1. The van der Waals surface area contributed by atoms with Crippen LogP contribution in [0.3, 0.4) is 0 Å². The Morgan fingerprint density at radius 2 is 1.33 bits per heavy atom. The summed E-state index contributed by atoms with van der Waals surface area (Å²) >= 11 is 0. The van der Waals surface area contributed by atoms with Crippen molar-refractivity contribution in [2.45, 2.75) is 23.3 Å². The summed E-state index contributed by atoms with van der Waals surface area (Å²) in [7, 11) is -0.842. The van der Waals surface area contributed by atoms with Crippen molar-refractivity contribution in [1.82, 2.24) is 9.62 Å². The first-order chi connectivity index (χ1) is 16.6. The topological polar surface area (TPSA) is 58.6 Å². The van der Waals surface area contributed by atoms with Crippen LogP contribution in [0, 0.1) is 0 Å². The van der Waals surface area contributed by atoms with E-state index in [4.69, 9.17) is 4.74 Å². The van der Waals surface area contributed by atoms with Crippen molar-refractivity contribution in [2.75, 3.05) is 20.6 Å². The van der Waals surface area contributed by atoms with Crippen LogP contribution in [-0.4, -0.2) is 34.0 Å². The third-order valence-electron chi connectivity index (χ3n) is 5.01. The molecule has 0 aliphatic heterocycles. The molecule has 0 fully saturated rings. The summed E-state index contributed by atoms with van der Waals surface area (Å²) in [5.41, 5.74) is -1.59. The Bertz CT molecular complexity index is 1270. The van der Waals surface area contributed by atoms with Crippen LogP contribution in [-0.2, 0) is 22.4 Å². The summed E-state index contributed by atoms with van der Waals surface area (Å²) in [5.74, 6) is 0.295. The molecule has 0 saturated heterocycles. The number of hydrogen-bond donors (Lipinski definition) is 1. The Morgan fingerprint density at radius 1 is 0.806 bits per heavy atom. The van der Waals surface area contributed by atoms with Crippen LogP contribution in [0.1, 0.15) is 22.7 Å². The number of sulfonamides is 1. The van der Waals surface area contributed by atoms with Gasteiger partial charge < -0.3 is 9.64 Å². The van der Waals surface area contributed by atoms with E-state index in [-0.39, 0.29) is 28.5 Å². The molecule has 0 aromatic heterocycles. The molecular formula is C24H22F6N2O3S. The van der Waals surface area contributed by atoms with Crippen LogP contribution >= 0.6 is 0 Å². The fourth-order valence-electron chi connectivity index (χ4n) is 3.30. The molecule has 0 aliphatic rings. The molecule has 1 atom stereocenters. The largest absolute Gasteiger partial charge is 0.457 e. The minimum absolute atomic E-state index is 0.0929. The van der Waals surface area contributed by atoms with E-state index in [1.165, 1.54) is 36.4 Å². The van der Waals surface area contributed by atoms with Crippen LogP contribution in [0.5, 0.6) is 11.5 Å². The highest BCUT2D eigenvalue weighted by Gasteiger charge is 2.32. The average molecular weight is 533 g/mol. The van der Waals surface area contributed by atoms with Crippen LogP contribution in [0.15, 0.2) is 77.7 Å². The first kappa shape index (κ1) is 27.5. The molecule has 36 heavy (non-hydrogen) atoms. The third kappa shape index (κ3) is 7.21. The molecular weight excluding hydrogens is 510 g/mol. The second-order valence-corrected chi connectivity index (χ2v) is 9.87. The number of benzene rings is 3. The molecule has 3 rings (SSSR count). The van der Waals surface area contributed by atoms with Crippen LogP contribution < -0.4 is 9.46 Å². The predicted molar refractivity (Wildman–Crippen MR) is 121 cm³/mol. The van der Waals surface area contributed by atoms with Gasteiger partial charge in [-0.3, -0.25) is 0 Å².